The summed E-state index contributed by atoms with van der Waals surface area (Å²) in [6.07, 6.45) is 1.98. The Morgan fingerprint density at radius 1 is 1.26 bits per heavy atom. The van der Waals surface area contributed by atoms with Crippen molar-refractivity contribution >= 4 is 23.4 Å². The molecule has 1 heterocycles. The highest BCUT2D eigenvalue weighted by molar-refractivity contribution is 7.97. The normalized spacial score (nSPS) is 10.4. The summed E-state index contributed by atoms with van der Waals surface area (Å²) in [6, 6.07) is 10.5. The number of amides is 1. The largest absolute Gasteiger partial charge is 0.455 e. The van der Waals surface area contributed by atoms with Crippen LogP contribution in [0.2, 0.25) is 0 Å². The molecule has 0 fully saturated rings. The van der Waals surface area contributed by atoms with E-state index in [0.29, 0.717) is 11.4 Å². The lowest BCUT2D eigenvalue weighted by molar-refractivity contribution is 0.0995. The van der Waals surface area contributed by atoms with Crippen molar-refractivity contribution < 1.29 is 14.3 Å². The molecule has 4 nitrogen and oxygen atoms in total. The molecule has 0 aliphatic heterocycles. The van der Waals surface area contributed by atoms with Gasteiger partial charge in [-0.15, -0.1) is 0 Å². The summed E-state index contributed by atoms with van der Waals surface area (Å²) in [5, 5.41) is 11.7. The van der Waals surface area contributed by atoms with Crippen LogP contribution in [0.15, 0.2) is 40.8 Å². The fourth-order valence-electron chi connectivity index (χ4n) is 1.61. The van der Waals surface area contributed by atoms with Crippen molar-refractivity contribution in [1.29, 1.82) is 0 Å². The summed E-state index contributed by atoms with van der Waals surface area (Å²) in [4.78, 5) is 11.9. The standard InChI is InChI=1S/C14H15NO3S/c1-19-9-12-6-7-13(18-12)14(17)15-11-4-2-10(8-16)3-5-11/h2-7,16H,8-9H2,1H3,(H,15,17). The zero-order valence-electron chi connectivity index (χ0n) is 10.6. The third-order valence-electron chi connectivity index (χ3n) is 2.57. The summed E-state index contributed by atoms with van der Waals surface area (Å²) in [5.41, 5.74) is 1.48. The van der Waals surface area contributed by atoms with Gasteiger partial charge in [0.05, 0.1) is 12.4 Å². The zero-order valence-corrected chi connectivity index (χ0v) is 11.4. The van der Waals surface area contributed by atoms with Crippen LogP contribution in [0, 0.1) is 0 Å². The Bertz CT molecular complexity index is 548. The third-order valence-corrected chi connectivity index (χ3v) is 3.14. The molecule has 5 heteroatoms. The van der Waals surface area contributed by atoms with Crippen LogP contribution in [0.4, 0.5) is 5.69 Å². The number of thioether (sulfide) groups is 1. The Kier molecular flexibility index (Phi) is 4.65. The smallest absolute Gasteiger partial charge is 0.291 e. The SMILES string of the molecule is CSCc1ccc(C(=O)Nc2ccc(CO)cc2)o1. The molecule has 1 amide bonds. The second kappa shape index (κ2) is 6.45. The van der Waals surface area contributed by atoms with Crippen LogP contribution < -0.4 is 5.32 Å². The lowest BCUT2D eigenvalue weighted by Gasteiger charge is -2.04. The fraction of sp³-hybridized carbons (Fsp3) is 0.214. The predicted molar refractivity (Wildman–Crippen MR) is 76.2 cm³/mol. The van der Waals surface area contributed by atoms with Gasteiger partial charge in [0, 0.05) is 5.69 Å². The number of aliphatic hydroxyl groups excluding tert-OH is 1. The molecule has 0 saturated carbocycles. The molecule has 0 bridgehead atoms. The lowest BCUT2D eigenvalue weighted by atomic mass is 10.2. The van der Waals surface area contributed by atoms with E-state index in [1.165, 1.54) is 0 Å². The van der Waals surface area contributed by atoms with Gasteiger partial charge in [-0.25, -0.2) is 0 Å². The first kappa shape index (κ1) is 13.7. The summed E-state index contributed by atoms with van der Waals surface area (Å²) >= 11 is 1.64. The summed E-state index contributed by atoms with van der Waals surface area (Å²) in [6.45, 7) is -0.00947. The number of nitrogens with one attached hydrogen (secondary N) is 1. The average molecular weight is 277 g/mol. The highest BCUT2D eigenvalue weighted by Crippen LogP contribution is 2.16. The number of furan rings is 1. The maximum absolute atomic E-state index is 11.9. The van der Waals surface area contributed by atoms with Gasteiger partial charge in [0.2, 0.25) is 0 Å². The van der Waals surface area contributed by atoms with Gasteiger partial charge in [-0.1, -0.05) is 12.1 Å². The Morgan fingerprint density at radius 3 is 2.63 bits per heavy atom. The number of hydrogen-bond donors (Lipinski definition) is 2. The van der Waals surface area contributed by atoms with E-state index in [1.54, 1.807) is 48.2 Å². The Hall–Kier alpha value is -1.72. The molecule has 0 spiro atoms. The Balaban J connectivity index is 2.02. The highest BCUT2D eigenvalue weighted by Gasteiger charge is 2.11. The van der Waals surface area contributed by atoms with Crippen LogP contribution in [-0.4, -0.2) is 17.3 Å². The molecule has 2 rings (SSSR count). The summed E-state index contributed by atoms with van der Waals surface area (Å²) in [7, 11) is 0. The van der Waals surface area contributed by atoms with Crippen LogP contribution in [0.1, 0.15) is 21.9 Å². The Morgan fingerprint density at radius 2 is 2.00 bits per heavy atom. The van der Waals surface area contributed by atoms with E-state index in [1.807, 2.05) is 6.26 Å². The van der Waals surface area contributed by atoms with E-state index in [4.69, 9.17) is 9.52 Å². The molecule has 0 atom stereocenters. The fourth-order valence-corrected chi connectivity index (χ4v) is 2.05. The van der Waals surface area contributed by atoms with Crippen molar-refractivity contribution in [3.63, 3.8) is 0 Å². The van der Waals surface area contributed by atoms with Crippen molar-refractivity contribution in [1.82, 2.24) is 0 Å². The summed E-state index contributed by atoms with van der Waals surface area (Å²) in [5.74, 6) is 1.56. The van der Waals surface area contributed by atoms with Crippen LogP contribution in [0.3, 0.4) is 0 Å². The molecular weight excluding hydrogens is 262 g/mol. The van der Waals surface area contributed by atoms with Gasteiger partial charge in [-0.3, -0.25) is 4.79 Å². The van der Waals surface area contributed by atoms with E-state index in [9.17, 15) is 4.79 Å². The first-order valence-corrected chi connectivity index (χ1v) is 7.21. The molecule has 100 valence electrons. The minimum Gasteiger partial charge on any atom is -0.455 e. The van der Waals surface area contributed by atoms with Crippen LogP contribution in [0.5, 0.6) is 0 Å². The molecular formula is C14H15NO3S. The van der Waals surface area contributed by atoms with Crippen LogP contribution in [0.25, 0.3) is 0 Å². The number of carbonyl (C=O) groups is 1. The molecule has 0 aliphatic rings. The second-order valence-electron chi connectivity index (χ2n) is 4.01. The van der Waals surface area contributed by atoms with Crippen molar-refractivity contribution in [2.24, 2.45) is 0 Å². The molecule has 0 unspecified atom stereocenters. The number of hydrogen-bond acceptors (Lipinski definition) is 4. The van der Waals surface area contributed by atoms with Crippen molar-refractivity contribution in [3.8, 4) is 0 Å². The number of rotatable bonds is 5. The van der Waals surface area contributed by atoms with E-state index < -0.39 is 0 Å². The highest BCUT2D eigenvalue weighted by atomic mass is 32.2. The first-order chi connectivity index (χ1) is 9.22. The molecule has 0 radical (unpaired) electrons. The number of anilines is 1. The van der Waals surface area contributed by atoms with Crippen molar-refractivity contribution in [2.75, 3.05) is 11.6 Å². The van der Waals surface area contributed by atoms with Gasteiger partial charge >= 0.3 is 0 Å². The molecule has 2 aromatic rings. The maximum Gasteiger partial charge on any atom is 0.291 e. The second-order valence-corrected chi connectivity index (χ2v) is 4.87. The molecule has 19 heavy (non-hydrogen) atoms. The van der Waals surface area contributed by atoms with Crippen LogP contribution in [-0.2, 0) is 12.4 Å². The maximum atomic E-state index is 11.9. The van der Waals surface area contributed by atoms with Gasteiger partial charge in [-0.05, 0) is 36.1 Å². The van der Waals surface area contributed by atoms with Gasteiger partial charge in [-0.2, -0.15) is 11.8 Å². The Labute approximate surface area is 115 Å². The van der Waals surface area contributed by atoms with E-state index in [-0.39, 0.29) is 12.5 Å². The number of carbonyl (C=O) groups excluding carboxylic acids is 1. The lowest BCUT2D eigenvalue weighted by Crippen LogP contribution is -2.10. The quantitative estimate of drug-likeness (QED) is 0.882. The number of benzene rings is 1. The van der Waals surface area contributed by atoms with Gasteiger partial charge in [0.1, 0.15) is 5.76 Å². The van der Waals surface area contributed by atoms with Crippen molar-refractivity contribution in [3.05, 3.63) is 53.5 Å². The van der Waals surface area contributed by atoms with Gasteiger partial charge in [0.15, 0.2) is 5.76 Å². The zero-order chi connectivity index (χ0) is 13.7. The summed E-state index contributed by atoms with van der Waals surface area (Å²) < 4.78 is 5.43. The van der Waals surface area contributed by atoms with E-state index >= 15 is 0 Å². The van der Waals surface area contributed by atoms with E-state index in [2.05, 4.69) is 5.32 Å². The molecule has 0 saturated heterocycles. The molecule has 1 aromatic heterocycles. The first-order valence-electron chi connectivity index (χ1n) is 5.81. The minimum absolute atomic E-state index is 0.00947. The monoisotopic (exact) mass is 277 g/mol. The van der Waals surface area contributed by atoms with E-state index in [0.717, 1.165) is 17.1 Å². The van der Waals surface area contributed by atoms with Gasteiger partial charge < -0.3 is 14.8 Å². The topological polar surface area (TPSA) is 62.5 Å². The predicted octanol–water partition coefficient (Wildman–Crippen LogP) is 2.89. The van der Waals surface area contributed by atoms with Crippen molar-refractivity contribution in [2.45, 2.75) is 12.4 Å². The molecule has 0 aliphatic carbocycles. The molecule has 1 aromatic carbocycles. The third kappa shape index (κ3) is 3.62. The minimum atomic E-state index is -0.274. The number of aliphatic hydroxyl groups is 1. The average Bonchev–Trinajstić information content (AvgIpc) is 2.89. The van der Waals surface area contributed by atoms with Gasteiger partial charge in [0.25, 0.3) is 5.91 Å². The molecule has 2 N–H and O–H groups in total. The van der Waals surface area contributed by atoms with Crippen LogP contribution >= 0.6 is 11.8 Å².